The predicted molar refractivity (Wildman–Crippen MR) is 168 cm³/mol. The molecule has 0 radical (unpaired) electrons. The summed E-state index contributed by atoms with van der Waals surface area (Å²) in [6.07, 6.45) is 0.198. The fourth-order valence-electron chi connectivity index (χ4n) is 5.06. The van der Waals surface area contributed by atoms with Gasteiger partial charge in [0.25, 0.3) is 10.0 Å². The highest BCUT2D eigenvalue weighted by Gasteiger charge is 2.35. The third-order valence-electron chi connectivity index (χ3n) is 7.49. The summed E-state index contributed by atoms with van der Waals surface area (Å²) in [7, 11) is -2.90. The van der Waals surface area contributed by atoms with E-state index in [1.165, 1.54) is 42.3 Å². The Labute approximate surface area is 262 Å². The van der Waals surface area contributed by atoms with Crippen LogP contribution in [0.1, 0.15) is 16.7 Å². The van der Waals surface area contributed by atoms with Crippen molar-refractivity contribution >= 4 is 27.5 Å². The maximum atomic E-state index is 14.3. The SMILES string of the molecule is CNC(=O)[C@H](Cc1ccccc1)N(Cc1ccc(C)cc1)C(=O)CN(c1ccc(F)cc1)S(=O)(=O)c1ccc2c(c1)OCCO2. The fourth-order valence-corrected chi connectivity index (χ4v) is 6.49. The Morgan fingerprint density at radius 3 is 2.20 bits per heavy atom. The molecule has 9 nitrogen and oxygen atoms in total. The number of amides is 2. The Hall–Kier alpha value is -4.90. The van der Waals surface area contributed by atoms with Gasteiger partial charge in [-0.1, -0.05) is 60.2 Å². The summed E-state index contributed by atoms with van der Waals surface area (Å²) in [5, 5.41) is 2.66. The number of likely N-dealkylation sites (N-methyl/N-ethyl adjacent to an activating group) is 1. The lowest BCUT2D eigenvalue weighted by Gasteiger charge is -2.33. The molecule has 0 saturated carbocycles. The third-order valence-corrected chi connectivity index (χ3v) is 9.26. The van der Waals surface area contributed by atoms with Crippen molar-refractivity contribution in [2.45, 2.75) is 30.8 Å². The first-order valence-corrected chi connectivity index (χ1v) is 15.9. The molecule has 1 N–H and O–H groups in total. The van der Waals surface area contributed by atoms with Crippen LogP contribution in [0.4, 0.5) is 10.1 Å². The standard InChI is InChI=1S/C34H34FN3O6S/c1-24-8-10-26(11-9-24)22-37(30(34(40)36-2)20-25-6-4-3-5-7-25)33(39)23-38(28-14-12-27(35)13-15-28)45(41,42)29-16-17-31-32(21-29)44-19-18-43-31/h3-17,21,30H,18-20,22-23H2,1-2H3,(H,36,40)/t30-/m0/s1. The number of rotatable bonds is 11. The lowest BCUT2D eigenvalue weighted by Crippen LogP contribution is -2.53. The molecule has 0 aliphatic carbocycles. The number of carbonyl (C=O) groups excluding carboxylic acids is 2. The summed E-state index contributed by atoms with van der Waals surface area (Å²) >= 11 is 0. The van der Waals surface area contributed by atoms with Crippen LogP contribution in [0.25, 0.3) is 0 Å². The summed E-state index contributed by atoms with van der Waals surface area (Å²) in [5.74, 6) is -0.919. The van der Waals surface area contributed by atoms with E-state index in [1.807, 2.05) is 61.5 Å². The van der Waals surface area contributed by atoms with E-state index in [0.29, 0.717) is 12.4 Å². The van der Waals surface area contributed by atoms with Crippen LogP contribution in [0, 0.1) is 12.7 Å². The average Bonchev–Trinajstić information content (AvgIpc) is 3.06. The molecule has 0 bridgehead atoms. The molecule has 45 heavy (non-hydrogen) atoms. The van der Waals surface area contributed by atoms with Gasteiger partial charge >= 0.3 is 0 Å². The van der Waals surface area contributed by atoms with Gasteiger partial charge in [-0.3, -0.25) is 13.9 Å². The lowest BCUT2D eigenvalue weighted by atomic mass is 10.0. The Balaban J connectivity index is 1.55. The second-order valence-electron chi connectivity index (χ2n) is 10.6. The number of anilines is 1. The van der Waals surface area contributed by atoms with Gasteiger partial charge in [-0.05, 0) is 54.4 Å². The van der Waals surface area contributed by atoms with Crippen molar-refractivity contribution in [3.8, 4) is 11.5 Å². The first-order valence-electron chi connectivity index (χ1n) is 14.4. The number of hydrogen-bond acceptors (Lipinski definition) is 6. The second-order valence-corrected chi connectivity index (χ2v) is 12.5. The molecular formula is C34H34FN3O6S. The highest BCUT2D eigenvalue weighted by Crippen LogP contribution is 2.34. The number of halogens is 1. The van der Waals surface area contributed by atoms with Crippen molar-refractivity contribution in [3.05, 3.63) is 120 Å². The van der Waals surface area contributed by atoms with E-state index in [0.717, 1.165) is 33.1 Å². The van der Waals surface area contributed by atoms with E-state index in [2.05, 4.69) is 5.32 Å². The molecule has 0 fully saturated rings. The summed E-state index contributed by atoms with van der Waals surface area (Å²) in [6.45, 7) is 1.93. The number of hydrogen-bond donors (Lipinski definition) is 1. The molecule has 1 aliphatic heterocycles. The van der Waals surface area contributed by atoms with Crippen LogP contribution in [0.2, 0.25) is 0 Å². The molecule has 0 spiro atoms. The van der Waals surface area contributed by atoms with Crippen LogP contribution in [0.15, 0.2) is 102 Å². The summed E-state index contributed by atoms with van der Waals surface area (Å²) in [4.78, 5) is 29.0. The largest absolute Gasteiger partial charge is 0.486 e. The van der Waals surface area contributed by atoms with Crippen LogP contribution in [0.3, 0.4) is 0 Å². The molecular weight excluding hydrogens is 597 g/mol. The minimum absolute atomic E-state index is 0.0470. The molecule has 0 unspecified atom stereocenters. The molecule has 4 aromatic carbocycles. The van der Waals surface area contributed by atoms with Crippen molar-refractivity contribution in [1.29, 1.82) is 0 Å². The molecule has 1 atom stereocenters. The van der Waals surface area contributed by atoms with Crippen LogP contribution >= 0.6 is 0 Å². The number of carbonyl (C=O) groups is 2. The first kappa shape index (κ1) is 31.5. The van der Waals surface area contributed by atoms with Gasteiger partial charge in [0.05, 0.1) is 10.6 Å². The first-order chi connectivity index (χ1) is 21.7. The van der Waals surface area contributed by atoms with Gasteiger partial charge in [-0.25, -0.2) is 12.8 Å². The van der Waals surface area contributed by atoms with E-state index in [-0.39, 0.29) is 35.9 Å². The van der Waals surface area contributed by atoms with E-state index < -0.39 is 40.2 Å². The Bertz CT molecular complexity index is 1750. The number of sulfonamides is 1. The topological polar surface area (TPSA) is 105 Å². The Morgan fingerprint density at radius 2 is 1.53 bits per heavy atom. The van der Waals surface area contributed by atoms with Gasteiger partial charge in [0, 0.05) is 26.1 Å². The van der Waals surface area contributed by atoms with Crippen LogP contribution in [-0.4, -0.2) is 58.0 Å². The highest BCUT2D eigenvalue weighted by atomic mass is 32.2. The van der Waals surface area contributed by atoms with E-state index in [4.69, 9.17) is 9.47 Å². The number of ether oxygens (including phenoxy) is 2. The van der Waals surface area contributed by atoms with Gasteiger partial charge in [0.15, 0.2) is 11.5 Å². The molecule has 2 amide bonds. The van der Waals surface area contributed by atoms with Gasteiger partial charge in [-0.2, -0.15) is 0 Å². The van der Waals surface area contributed by atoms with Crippen molar-refractivity contribution in [3.63, 3.8) is 0 Å². The van der Waals surface area contributed by atoms with E-state index in [9.17, 15) is 22.4 Å². The number of nitrogens with one attached hydrogen (secondary N) is 1. The zero-order valence-corrected chi connectivity index (χ0v) is 25.8. The van der Waals surface area contributed by atoms with Gasteiger partial charge in [0.1, 0.15) is 31.6 Å². The van der Waals surface area contributed by atoms with Gasteiger partial charge in [-0.15, -0.1) is 0 Å². The van der Waals surface area contributed by atoms with E-state index >= 15 is 0 Å². The Kier molecular flexibility index (Phi) is 9.68. The van der Waals surface area contributed by atoms with Crippen LogP contribution in [-0.2, 0) is 32.6 Å². The molecule has 234 valence electrons. The minimum atomic E-state index is -4.39. The quantitative estimate of drug-likeness (QED) is 0.262. The zero-order valence-electron chi connectivity index (χ0n) is 25.0. The van der Waals surface area contributed by atoms with Crippen LogP contribution < -0.4 is 19.1 Å². The smallest absolute Gasteiger partial charge is 0.264 e. The Morgan fingerprint density at radius 1 is 0.867 bits per heavy atom. The predicted octanol–water partition coefficient (Wildman–Crippen LogP) is 4.49. The third kappa shape index (κ3) is 7.43. The minimum Gasteiger partial charge on any atom is -0.486 e. The number of fused-ring (bicyclic) bond motifs is 1. The van der Waals surface area contributed by atoms with Gasteiger partial charge in [0.2, 0.25) is 11.8 Å². The van der Waals surface area contributed by atoms with Crippen molar-refractivity contribution in [1.82, 2.24) is 10.2 Å². The number of aryl methyl sites for hydroxylation is 1. The van der Waals surface area contributed by atoms with Gasteiger partial charge < -0.3 is 19.7 Å². The van der Waals surface area contributed by atoms with E-state index in [1.54, 1.807) is 0 Å². The number of benzene rings is 4. The van der Waals surface area contributed by atoms with Crippen molar-refractivity contribution in [2.75, 3.05) is 31.1 Å². The molecule has 11 heteroatoms. The average molecular weight is 632 g/mol. The molecule has 0 saturated heterocycles. The summed E-state index contributed by atoms with van der Waals surface area (Å²) in [5.41, 5.74) is 2.69. The maximum Gasteiger partial charge on any atom is 0.264 e. The normalized spacial score (nSPS) is 13.0. The van der Waals surface area contributed by atoms with Crippen molar-refractivity contribution < 1.29 is 31.9 Å². The lowest BCUT2D eigenvalue weighted by molar-refractivity contribution is -0.139. The molecule has 1 aliphatic rings. The molecule has 1 heterocycles. The molecule has 5 rings (SSSR count). The van der Waals surface area contributed by atoms with Crippen molar-refractivity contribution in [2.24, 2.45) is 0 Å². The number of nitrogens with zero attached hydrogens (tertiary/aromatic N) is 2. The summed E-state index contributed by atoms with van der Waals surface area (Å²) < 4.78 is 54.4. The maximum absolute atomic E-state index is 14.3. The molecule has 4 aromatic rings. The zero-order chi connectivity index (χ0) is 32.0. The van der Waals surface area contributed by atoms with Crippen LogP contribution in [0.5, 0.6) is 11.5 Å². The highest BCUT2D eigenvalue weighted by molar-refractivity contribution is 7.92. The monoisotopic (exact) mass is 631 g/mol. The fraction of sp³-hybridized carbons (Fsp3) is 0.235. The molecule has 0 aromatic heterocycles. The second kappa shape index (κ2) is 13.8. The summed E-state index contributed by atoms with van der Waals surface area (Å²) in [6, 6.07) is 24.9.